The highest BCUT2D eigenvalue weighted by Gasteiger charge is 2.21. The molecule has 0 aliphatic carbocycles. The Morgan fingerprint density at radius 1 is 1.22 bits per heavy atom. The summed E-state index contributed by atoms with van der Waals surface area (Å²) in [6.45, 7) is 5.56. The number of nitrogens with one attached hydrogen (secondary N) is 1. The minimum atomic E-state index is -2.69. The third-order valence-corrected chi connectivity index (χ3v) is 4.60. The molecule has 2 aromatic rings. The fourth-order valence-corrected chi connectivity index (χ4v) is 3.35. The van der Waals surface area contributed by atoms with Gasteiger partial charge in [-0.1, -0.05) is 17.7 Å². The molecule has 0 aliphatic rings. The predicted octanol–water partition coefficient (Wildman–Crippen LogP) is 4.03. The molecule has 8 heteroatoms. The van der Waals surface area contributed by atoms with Gasteiger partial charge in [0.1, 0.15) is 5.03 Å². The van der Waals surface area contributed by atoms with Crippen LogP contribution in [0.15, 0.2) is 35.5 Å². The minimum Gasteiger partial charge on any atom is -0.332 e. The molecular formula is C19H21F2N3O2S. The van der Waals surface area contributed by atoms with E-state index in [4.69, 9.17) is 0 Å². The average Bonchev–Trinajstić information content (AvgIpc) is 2.57. The van der Waals surface area contributed by atoms with E-state index in [9.17, 15) is 18.4 Å². The molecule has 0 aliphatic heterocycles. The molecule has 1 heterocycles. The summed E-state index contributed by atoms with van der Waals surface area (Å²) in [4.78, 5) is 29.9. The SMILES string of the molecule is Cc1cc(C)c(NC(=O)CN(C)C(=O)c2cccnc2SC(F)F)c(C)c1. The van der Waals surface area contributed by atoms with Crippen molar-refractivity contribution in [1.29, 1.82) is 0 Å². The van der Waals surface area contributed by atoms with Gasteiger partial charge in [-0.2, -0.15) is 8.78 Å². The number of hydrogen-bond acceptors (Lipinski definition) is 4. The lowest BCUT2D eigenvalue weighted by molar-refractivity contribution is -0.116. The van der Waals surface area contributed by atoms with Crippen LogP contribution in [0.4, 0.5) is 14.5 Å². The van der Waals surface area contributed by atoms with Crippen molar-refractivity contribution in [3.8, 4) is 0 Å². The van der Waals surface area contributed by atoms with Gasteiger partial charge >= 0.3 is 0 Å². The van der Waals surface area contributed by atoms with Gasteiger partial charge in [-0.15, -0.1) is 0 Å². The van der Waals surface area contributed by atoms with Crippen molar-refractivity contribution in [1.82, 2.24) is 9.88 Å². The molecule has 0 saturated heterocycles. The van der Waals surface area contributed by atoms with E-state index in [2.05, 4.69) is 10.3 Å². The van der Waals surface area contributed by atoms with Gasteiger partial charge in [0.05, 0.1) is 12.1 Å². The molecule has 0 unspecified atom stereocenters. The number of pyridine rings is 1. The van der Waals surface area contributed by atoms with E-state index in [1.807, 2.05) is 32.9 Å². The first kappa shape index (κ1) is 20.8. The monoisotopic (exact) mass is 393 g/mol. The van der Waals surface area contributed by atoms with E-state index in [0.29, 0.717) is 5.69 Å². The Labute approximate surface area is 161 Å². The molecule has 1 aromatic carbocycles. The van der Waals surface area contributed by atoms with Crippen LogP contribution in [0.2, 0.25) is 0 Å². The maximum atomic E-state index is 12.7. The summed E-state index contributed by atoms with van der Waals surface area (Å²) in [6, 6.07) is 6.83. The Morgan fingerprint density at radius 2 is 1.85 bits per heavy atom. The molecule has 27 heavy (non-hydrogen) atoms. The zero-order chi connectivity index (χ0) is 20.1. The van der Waals surface area contributed by atoms with Crippen LogP contribution in [-0.2, 0) is 4.79 Å². The first-order chi connectivity index (χ1) is 12.7. The van der Waals surface area contributed by atoms with Gasteiger partial charge in [-0.05, 0) is 55.8 Å². The van der Waals surface area contributed by atoms with Crippen LogP contribution in [0.5, 0.6) is 0 Å². The fraction of sp³-hybridized carbons (Fsp3) is 0.316. The van der Waals surface area contributed by atoms with Crippen molar-refractivity contribution in [2.24, 2.45) is 0 Å². The molecule has 0 spiro atoms. The molecule has 2 rings (SSSR count). The van der Waals surface area contributed by atoms with E-state index in [1.165, 1.54) is 30.3 Å². The van der Waals surface area contributed by atoms with Gasteiger partial charge in [0.15, 0.2) is 0 Å². The summed E-state index contributed by atoms with van der Waals surface area (Å²) in [6.07, 6.45) is 1.34. The molecule has 0 bridgehead atoms. The van der Waals surface area contributed by atoms with E-state index >= 15 is 0 Å². The minimum absolute atomic E-state index is 0.0424. The van der Waals surface area contributed by atoms with Crippen molar-refractivity contribution in [2.45, 2.75) is 31.6 Å². The number of alkyl halides is 2. The molecule has 0 saturated carbocycles. The molecule has 0 fully saturated rings. The molecule has 0 radical (unpaired) electrons. The normalized spacial score (nSPS) is 10.8. The predicted molar refractivity (Wildman–Crippen MR) is 102 cm³/mol. The third kappa shape index (κ3) is 5.50. The van der Waals surface area contributed by atoms with Crippen molar-refractivity contribution in [3.05, 3.63) is 52.7 Å². The second kappa shape index (κ2) is 8.94. The second-order valence-electron chi connectivity index (χ2n) is 6.22. The lowest BCUT2D eigenvalue weighted by atomic mass is 10.1. The van der Waals surface area contributed by atoms with Crippen molar-refractivity contribution in [2.75, 3.05) is 18.9 Å². The number of nitrogens with zero attached hydrogens (tertiary/aromatic N) is 2. The Morgan fingerprint density at radius 3 is 2.44 bits per heavy atom. The highest BCUT2D eigenvalue weighted by Crippen LogP contribution is 2.27. The van der Waals surface area contributed by atoms with Crippen molar-refractivity contribution >= 4 is 29.3 Å². The Kier molecular flexibility index (Phi) is 6.90. The highest BCUT2D eigenvalue weighted by molar-refractivity contribution is 7.99. The van der Waals surface area contributed by atoms with Gasteiger partial charge < -0.3 is 10.2 Å². The number of aryl methyl sites for hydroxylation is 3. The zero-order valence-corrected chi connectivity index (χ0v) is 16.4. The first-order valence-corrected chi connectivity index (χ1v) is 9.10. The van der Waals surface area contributed by atoms with Crippen LogP contribution in [0, 0.1) is 20.8 Å². The van der Waals surface area contributed by atoms with Crippen molar-refractivity contribution < 1.29 is 18.4 Å². The van der Waals surface area contributed by atoms with Crippen LogP contribution in [0.3, 0.4) is 0 Å². The number of benzene rings is 1. The highest BCUT2D eigenvalue weighted by atomic mass is 32.2. The summed E-state index contributed by atoms with van der Waals surface area (Å²) in [7, 11) is 1.45. The lowest BCUT2D eigenvalue weighted by Crippen LogP contribution is -2.35. The van der Waals surface area contributed by atoms with Crippen LogP contribution < -0.4 is 5.32 Å². The Bertz CT molecular complexity index is 836. The number of thioether (sulfide) groups is 1. The molecule has 5 nitrogen and oxygen atoms in total. The molecule has 0 atom stereocenters. The maximum Gasteiger partial charge on any atom is 0.290 e. The molecule has 1 aromatic heterocycles. The number of aromatic nitrogens is 1. The number of likely N-dealkylation sites (N-methyl/N-ethyl adjacent to an activating group) is 1. The summed E-state index contributed by atoms with van der Waals surface area (Å²) in [5, 5.41) is 2.76. The van der Waals surface area contributed by atoms with Crippen LogP contribution in [-0.4, -0.2) is 41.0 Å². The number of carbonyl (C=O) groups excluding carboxylic acids is 2. The van der Waals surface area contributed by atoms with Crippen LogP contribution >= 0.6 is 11.8 Å². The van der Waals surface area contributed by atoms with Gasteiger partial charge in [0.2, 0.25) is 5.91 Å². The zero-order valence-electron chi connectivity index (χ0n) is 15.5. The van der Waals surface area contributed by atoms with Gasteiger partial charge in [-0.25, -0.2) is 4.98 Å². The van der Waals surface area contributed by atoms with Crippen LogP contribution in [0.25, 0.3) is 0 Å². The molecule has 2 amide bonds. The van der Waals surface area contributed by atoms with E-state index in [0.717, 1.165) is 16.7 Å². The second-order valence-corrected chi connectivity index (χ2v) is 7.20. The standard InChI is InChI=1S/C19H21F2N3O2S/c1-11-8-12(2)16(13(3)9-11)23-15(25)10-24(4)18(26)14-6-5-7-22-17(14)27-19(20)21/h5-9,19H,10H2,1-4H3,(H,23,25). The van der Waals surface area contributed by atoms with E-state index < -0.39 is 11.7 Å². The summed E-state index contributed by atoms with van der Waals surface area (Å²) in [5.74, 6) is -3.60. The number of halogens is 2. The smallest absolute Gasteiger partial charge is 0.290 e. The van der Waals surface area contributed by atoms with Crippen LogP contribution in [0.1, 0.15) is 27.0 Å². The van der Waals surface area contributed by atoms with Gasteiger partial charge in [0.25, 0.3) is 11.7 Å². The summed E-state index contributed by atoms with van der Waals surface area (Å²) in [5.41, 5.74) is 3.70. The molecule has 1 N–H and O–H groups in total. The topological polar surface area (TPSA) is 62.3 Å². The largest absolute Gasteiger partial charge is 0.332 e. The Hall–Kier alpha value is -2.48. The molecule has 144 valence electrons. The number of amides is 2. The number of anilines is 1. The Balaban J connectivity index is 2.10. The average molecular weight is 393 g/mol. The van der Waals surface area contributed by atoms with E-state index in [1.54, 1.807) is 0 Å². The number of carbonyl (C=O) groups is 2. The van der Waals surface area contributed by atoms with Gasteiger partial charge in [0, 0.05) is 18.9 Å². The summed E-state index contributed by atoms with van der Waals surface area (Å²) >= 11 is 0.205. The number of hydrogen-bond donors (Lipinski definition) is 1. The quantitative estimate of drug-likeness (QED) is 0.753. The third-order valence-electron chi connectivity index (χ3n) is 3.87. The number of rotatable bonds is 6. The van der Waals surface area contributed by atoms with Gasteiger partial charge in [-0.3, -0.25) is 9.59 Å². The molecular weight excluding hydrogens is 372 g/mol. The van der Waals surface area contributed by atoms with E-state index in [-0.39, 0.29) is 34.8 Å². The lowest BCUT2D eigenvalue weighted by Gasteiger charge is -2.19. The fourth-order valence-electron chi connectivity index (χ4n) is 2.78. The first-order valence-electron chi connectivity index (χ1n) is 8.22. The summed E-state index contributed by atoms with van der Waals surface area (Å²) < 4.78 is 25.3. The maximum absolute atomic E-state index is 12.7. The van der Waals surface area contributed by atoms with Crippen molar-refractivity contribution in [3.63, 3.8) is 0 Å².